The molecular weight excluding hydrogens is 302 g/mol. The van der Waals surface area contributed by atoms with Gasteiger partial charge in [0.15, 0.2) is 0 Å². The Kier molecular flexibility index (Phi) is 3.91. The van der Waals surface area contributed by atoms with Crippen molar-refractivity contribution in [1.82, 2.24) is 4.98 Å². The van der Waals surface area contributed by atoms with Crippen LogP contribution in [0, 0.1) is 18.6 Å². The molecular formula is C13H11BrF2N2. The van der Waals surface area contributed by atoms with Gasteiger partial charge in [0.1, 0.15) is 16.2 Å². The van der Waals surface area contributed by atoms with Crippen molar-refractivity contribution in [1.29, 1.82) is 0 Å². The number of anilines is 1. The van der Waals surface area contributed by atoms with E-state index in [4.69, 9.17) is 0 Å². The minimum Gasteiger partial charge on any atom is -0.379 e. The second-order valence-corrected chi connectivity index (χ2v) is 4.63. The third-order valence-corrected chi connectivity index (χ3v) is 3.01. The molecule has 0 fully saturated rings. The van der Waals surface area contributed by atoms with Gasteiger partial charge in [-0.15, -0.1) is 0 Å². The van der Waals surface area contributed by atoms with E-state index in [2.05, 4.69) is 26.2 Å². The van der Waals surface area contributed by atoms with Crippen LogP contribution in [-0.4, -0.2) is 4.98 Å². The lowest BCUT2D eigenvalue weighted by atomic mass is 10.2. The number of rotatable bonds is 3. The summed E-state index contributed by atoms with van der Waals surface area (Å²) in [7, 11) is 0. The molecule has 1 heterocycles. The summed E-state index contributed by atoms with van der Waals surface area (Å²) in [5, 5.41) is 2.97. The molecule has 1 N–H and O–H groups in total. The summed E-state index contributed by atoms with van der Waals surface area (Å²) in [4.78, 5) is 4.20. The van der Waals surface area contributed by atoms with Crippen molar-refractivity contribution >= 4 is 21.6 Å². The molecule has 1 aromatic heterocycles. The monoisotopic (exact) mass is 312 g/mol. The average Bonchev–Trinajstić information content (AvgIpc) is 2.31. The fourth-order valence-electron chi connectivity index (χ4n) is 1.60. The zero-order valence-electron chi connectivity index (χ0n) is 9.67. The molecule has 5 heteroatoms. The molecule has 0 saturated carbocycles. The van der Waals surface area contributed by atoms with Gasteiger partial charge in [-0.2, -0.15) is 0 Å². The molecule has 0 saturated heterocycles. The highest BCUT2D eigenvalue weighted by Gasteiger charge is 2.08. The number of hydrogen-bond acceptors (Lipinski definition) is 2. The number of aromatic nitrogens is 1. The second-order valence-electron chi connectivity index (χ2n) is 3.82. The van der Waals surface area contributed by atoms with Crippen molar-refractivity contribution in [2.45, 2.75) is 13.5 Å². The van der Waals surface area contributed by atoms with Gasteiger partial charge >= 0.3 is 0 Å². The maximum Gasteiger partial charge on any atom is 0.131 e. The molecule has 2 rings (SSSR count). The molecule has 0 bridgehead atoms. The lowest BCUT2D eigenvalue weighted by molar-refractivity contribution is 0.560. The number of aryl methyl sites for hydroxylation is 1. The van der Waals surface area contributed by atoms with Crippen molar-refractivity contribution < 1.29 is 8.78 Å². The number of halogens is 3. The van der Waals surface area contributed by atoms with E-state index in [1.165, 1.54) is 18.2 Å². The van der Waals surface area contributed by atoms with Crippen molar-refractivity contribution in [3.8, 4) is 0 Å². The van der Waals surface area contributed by atoms with Crippen molar-refractivity contribution in [3.63, 3.8) is 0 Å². The summed E-state index contributed by atoms with van der Waals surface area (Å²) < 4.78 is 27.6. The van der Waals surface area contributed by atoms with E-state index in [1.807, 2.05) is 13.0 Å². The zero-order chi connectivity index (χ0) is 13.1. The Balaban J connectivity index is 2.16. The summed E-state index contributed by atoms with van der Waals surface area (Å²) >= 11 is 3.26. The van der Waals surface area contributed by atoms with Gasteiger partial charge < -0.3 is 5.32 Å². The zero-order valence-corrected chi connectivity index (χ0v) is 11.3. The number of pyridine rings is 1. The Morgan fingerprint density at radius 2 is 1.83 bits per heavy atom. The largest absolute Gasteiger partial charge is 0.379 e. The number of nitrogens with zero attached hydrogens (tertiary/aromatic N) is 1. The molecule has 0 atom stereocenters. The molecule has 94 valence electrons. The lowest BCUT2D eigenvalue weighted by Gasteiger charge is -2.10. The van der Waals surface area contributed by atoms with E-state index < -0.39 is 11.6 Å². The molecule has 0 unspecified atom stereocenters. The summed E-state index contributed by atoms with van der Waals surface area (Å²) in [6.45, 7) is 1.91. The molecule has 0 aliphatic heterocycles. The quantitative estimate of drug-likeness (QED) is 0.865. The predicted octanol–water partition coefficient (Wildman–Crippen LogP) is 4.04. The second kappa shape index (κ2) is 5.44. The van der Waals surface area contributed by atoms with E-state index in [0.717, 1.165) is 16.0 Å². The molecule has 0 radical (unpaired) electrons. The first-order valence-corrected chi connectivity index (χ1v) is 6.17. The molecule has 0 amide bonds. The third-order valence-electron chi connectivity index (χ3n) is 2.57. The summed E-state index contributed by atoms with van der Waals surface area (Å²) in [6.07, 6.45) is 0. The summed E-state index contributed by atoms with van der Waals surface area (Å²) in [6, 6.07) is 7.42. The van der Waals surface area contributed by atoms with Gasteiger partial charge in [-0.3, -0.25) is 0 Å². The summed E-state index contributed by atoms with van der Waals surface area (Å²) in [5.41, 5.74) is 1.54. The van der Waals surface area contributed by atoms with E-state index in [-0.39, 0.29) is 12.1 Å². The molecule has 2 aromatic rings. The standard InChI is InChI=1S/C13H11BrF2N2/c1-8-12(5-6-13(14)18-8)17-7-9-10(15)3-2-4-11(9)16/h2-6,17H,7H2,1H3. The highest BCUT2D eigenvalue weighted by molar-refractivity contribution is 9.10. The number of nitrogens with one attached hydrogen (secondary N) is 1. The number of benzene rings is 1. The van der Waals surface area contributed by atoms with Crippen molar-refractivity contribution in [2.75, 3.05) is 5.32 Å². The topological polar surface area (TPSA) is 24.9 Å². The maximum atomic E-state index is 13.4. The molecule has 18 heavy (non-hydrogen) atoms. The van der Waals surface area contributed by atoms with Crippen LogP contribution in [-0.2, 0) is 6.54 Å². The Morgan fingerprint density at radius 3 is 2.44 bits per heavy atom. The van der Waals surface area contributed by atoms with E-state index in [9.17, 15) is 8.78 Å². The van der Waals surface area contributed by atoms with E-state index in [0.29, 0.717) is 0 Å². The van der Waals surface area contributed by atoms with Gasteiger partial charge in [-0.05, 0) is 47.1 Å². The minimum atomic E-state index is -0.551. The van der Waals surface area contributed by atoms with Gasteiger partial charge in [0.05, 0.1) is 11.4 Å². The van der Waals surface area contributed by atoms with Crippen LogP contribution in [0.5, 0.6) is 0 Å². The van der Waals surface area contributed by atoms with Crippen molar-refractivity contribution in [3.05, 3.63) is 57.8 Å². The van der Waals surface area contributed by atoms with Crippen molar-refractivity contribution in [2.24, 2.45) is 0 Å². The highest BCUT2D eigenvalue weighted by Crippen LogP contribution is 2.19. The van der Waals surface area contributed by atoms with Gasteiger partial charge in [0.2, 0.25) is 0 Å². The first-order chi connectivity index (χ1) is 8.58. The molecule has 1 aromatic carbocycles. The average molecular weight is 313 g/mol. The van der Waals surface area contributed by atoms with Gasteiger partial charge in [0, 0.05) is 12.1 Å². The fraction of sp³-hybridized carbons (Fsp3) is 0.154. The van der Waals surface area contributed by atoms with Crippen LogP contribution < -0.4 is 5.32 Å². The van der Waals surface area contributed by atoms with Crippen LogP contribution in [0.3, 0.4) is 0 Å². The minimum absolute atomic E-state index is 0.0276. The SMILES string of the molecule is Cc1nc(Br)ccc1NCc1c(F)cccc1F. The van der Waals surface area contributed by atoms with Gasteiger partial charge in [0.25, 0.3) is 0 Å². The first kappa shape index (κ1) is 13.0. The predicted molar refractivity (Wildman–Crippen MR) is 70.4 cm³/mol. The van der Waals surface area contributed by atoms with E-state index >= 15 is 0 Å². The molecule has 0 aliphatic rings. The van der Waals surface area contributed by atoms with Crippen LogP contribution in [0.4, 0.5) is 14.5 Å². The highest BCUT2D eigenvalue weighted by atomic mass is 79.9. The van der Waals surface area contributed by atoms with E-state index in [1.54, 1.807) is 6.07 Å². The normalized spacial score (nSPS) is 10.4. The Morgan fingerprint density at radius 1 is 1.17 bits per heavy atom. The van der Waals surface area contributed by atoms with Gasteiger partial charge in [-0.1, -0.05) is 6.07 Å². The van der Waals surface area contributed by atoms with Crippen LogP contribution in [0.25, 0.3) is 0 Å². The Labute approximate surface area is 112 Å². The Hall–Kier alpha value is -1.49. The van der Waals surface area contributed by atoms with Crippen LogP contribution in [0.2, 0.25) is 0 Å². The fourth-order valence-corrected chi connectivity index (χ4v) is 2.00. The summed E-state index contributed by atoms with van der Waals surface area (Å²) in [5.74, 6) is -1.10. The molecule has 2 nitrogen and oxygen atoms in total. The van der Waals surface area contributed by atoms with Crippen LogP contribution >= 0.6 is 15.9 Å². The van der Waals surface area contributed by atoms with Crippen LogP contribution in [0.15, 0.2) is 34.9 Å². The molecule has 0 spiro atoms. The molecule has 0 aliphatic carbocycles. The maximum absolute atomic E-state index is 13.4. The lowest BCUT2D eigenvalue weighted by Crippen LogP contribution is -2.06. The number of hydrogen-bond donors (Lipinski definition) is 1. The third kappa shape index (κ3) is 2.85. The van der Waals surface area contributed by atoms with Crippen LogP contribution in [0.1, 0.15) is 11.3 Å². The first-order valence-electron chi connectivity index (χ1n) is 5.38. The van der Waals surface area contributed by atoms with Gasteiger partial charge in [-0.25, -0.2) is 13.8 Å². The Bertz CT molecular complexity index is 553. The smallest absolute Gasteiger partial charge is 0.131 e.